The number of unbranched alkanes of at least 4 members (excludes halogenated alkanes) is 1. The maximum atomic E-state index is 13.8. The number of rotatable bonds is 9. The van der Waals surface area contributed by atoms with Crippen molar-refractivity contribution < 1.29 is 9.13 Å². The van der Waals surface area contributed by atoms with Gasteiger partial charge in [0.15, 0.2) is 0 Å². The van der Waals surface area contributed by atoms with Crippen LogP contribution in [0.3, 0.4) is 0 Å². The summed E-state index contributed by atoms with van der Waals surface area (Å²) in [5, 5.41) is 0. The van der Waals surface area contributed by atoms with Crippen LogP contribution >= 0.6 is 0 Å². The minimum atomic E-state index is -0.122. The number of likely N-dealkylation sites (tertiary alicyclic amines) is 1. The molecule has 0 amide bonds. The molecule has 0 N–H and O–H groups in total. The minimum absolute atomic E-state index is 0.122. The van der Waals surface area contributed by atoms with Crippen LogP contribution in [0, 0.1) is 5.82 Å². The van der Waals surface area contributed by atoms with Crippen LogP contribution in [0.25, 0.3) is 0 Å². The third kappa shape index (κ3) is 5.57. The third-order valence-electron chi connectivity index (χ3n) is 4.92. The van der Waals surface area contributed by atoms with Crippen molar-refractivity contribution in [1.29, 1.82) is 0 Å². The number of hydrogen-bond acceptors (Lipinski definition) is 2. The van der Waals surface area contributed by atoms with Gasteiger partial charge < -0.3 is 9.64 Å². The van der Waals surface area contributed by atoms with Crippen LogP contribution in [0.2, 0.25) is 0 Å². The molecule has 25 heavy (non-hydrogen) atoms. The second kappa shape index (κ2) is 9.57. The smallest absolute Gasteiger partial charge is 0.126 e. The summed E-state index contributed by atoms with van der Waals surface area (Å²) in [5.41, 5.74) is 1.92. The van der Waals surface area contributed by atoms with Crippen molar-refractivity contribution in [2.45, 2.75) is 38.5 Å². The third-order valence-corrected chi connectivity index (χ3v) is 4.92. The molecule has 1 saturated heterocycles. The zero-order valence-electron chi connectivity index (χ0n) is 14.9. The molecule has 0 radical (unpaired) electrons. The highest BCUT2D eigenvalue weighted by Gasteiger charge is 2.10. The van der Waals surface area contributed by atoms with Gasteiger partial charge in [0, 0.05) is 0 Å². The summed E-state index contributed by atoms with van der Waals surface area (Å²) in [5.74, 6) is 0.822. The first-order chi connectivity index (χ1) is 12.3. The highest BCUT2D eigenvalue weighted by molar-refractivity contribution is 5.34. The summed E-state index contributed by atoms with van der Waals surface area (Å²) in [6.45, 7) is 4.47. The van der Waals surface area contributed by atoms with Gasteiger partial charge in [0.05, 0.1) is 6.61 Å². The fraction of sp³-hybridized carbons (Fsp3) is 0.455. The Morgan fingerprint density at radius 1 is 0.840 bits per heavy atom. The van der Waals surface area contributed by atoms with Crippen molar-refractivity contribution >= 4 is 0 Å². The summed E-state index contributed by atoms with van der Waals surface area (Å²) in [4.78, 5) is 2.54. The van der Waals surface area contributed by atoms with Crippen molar-refractivity contribution in [2.24, 2.45) is 0 Å². The number of benzene rings is 2. The highest BCUT2D eigenvalue weighted by Crippen LogP contribution is 2.21. The van der Waals surface area contributed by atoms with E-state index in [4.69, 9.17) is 4.74 Å². The number of halogens is 1. The van der Waals surface area contributed by atoms with Crippen molar-refractivity contribution in [3.05, 3.63) is 65.5 Å². The van der Waals surface area contributed by atoms with Crippen molar-refractivity contribution in [3.8, 4) is 5.75 Å². The molecule has 1 aliphatic rings. The Bertz CT molecular complexity index is 652. The topological polar surface area (TPSA) is 12.5 Å². The van der Waals surface area contributed by atoms with Crippen LogP contribution in [0.4, 0.5) is 4.39 Å². The molecule has 1 aliphatic heterocycles. The van der Waals surface area contributed by atoms with Gasteiger partial charge >= 0.3 is 0 Å². The molecule has 3 rings (SSSR count). The first-order valence-corrected chi connectivity index (χ1v) is 9.49. The van der Waals surface area contributed by atoms with Crippen molar-refractivity contribution in [1.82, 2.24) is 4.90 Å². The Morgan fingerprint density at radius 3 is 2.32 bits per heavy atom. The summed E-state index contributed by atoms with van der Waals surface area (Å²) in [6.07, 6.45) is 6.47. The van der Waals surface area contributed by atoms with Crippen LogP contribution < -0.4 is 4.74 Å². The van der Waals surface area contributed by atoms with Crippen LogP contribution in [0.1, 0.15) is 36.8 Å². The molecule has 0 bridgehead atoms. The van der Waals surface area contributed by atoms with Crippen LogP contribution in [0.15, 0.2) is 48.5 Å². The van der Waals surface area contributed by atoms with E-state index in [1.807, 2.05) is 30.3 Å². The van der Waals surface area contributed by atoms with Gasteiger partial charge in [-0.1, -0.05) is 36.4 Å². The molecule has 2 aromatic carbocycles. The number of aryl methyl sites for hydroxylation is 2. The van der Waals surface area contributed by atoms with Gasteiger partial charge in [-0.05, 0) is 81.4 Å². The molecule has 0 unspecified atom stereocenters. The molecular weight excluding hydrogens is 313 g/mol. The Labute approximate surface area is 150 Å². The monoisotopic (exact) mass is 341 g/mol. The van der Waals surface area contributed by atoms with E-state index < -0.39 is 0 Å². The number of nitrogens with zero attached hydrogens (tertiary/aromatic N) is 1. The lowest BCUT2D eigenvalue weighted by Crippen LogP contribution is -2.20. The maximum Gasteiger partial charge on any atom is 0.126 e. The fourth-order valence-electron chi connectivity index (χ4n) is 3.45. The van der Waals surface area contributed by atoms with E-state index in [9.17, 15) is 4.39 Å². The Morgan fingerprint density at radius 2 is 1.52 bits per heavy atom. The van der Waals surface area contributed by atoms with Crippen LogP contribution in [-0.2, 0) is 12.8 Å². The van der Waals surface area contributed by atoms with Gasteiger partial charge in [-0.25, -0.2) is 4.39 Å². The zero-order valence-corrected chi connectivity index (χ0v) is 14.9. The molecule has 0 spiro atoms. The maximum absolute atomic E-state index is 13.8. The van der Waals surface area contributed by atoms with Gasteiger partial charge in [0.2, 0.25) is 0 Å². The fourth-order valence-corrected chi connectivity index (χ4v) is 3.45. The minimum Gasteiger partial charge on any atom is -0.493 e. The summed E-state index contributed by atoms with van der Waals surface area (Å²) in [7, 11) is 0. The van der Waals surface area contributed by atoms with E-state index in [1.165, 1.54) is 45.0 Å². The molecule has 0 aromatic heterocycles. The van der Waals surface area contributed by atoms with Crippen LogP contribution in [0.5, 0.6) is 5.75 Å². The van der Waals surface area contributed by atoms with Gasteiger partial charge in [0.25, 0.3) is 0 Å². The Balaban J connectivity index is 1.44. The SMILES string of the molecule is Fc1ccccc1CCc1ccccc1OCCCCN1CCCC1. The van der Waals surface area contributed by atoms with E-state index in [1.54, 1.807) is 6.07 Å². The summed E-state index contributed by atoms with van der Waals surface area (Å²) >= 11 is 0. The lowest BCUT2D eigenvalue weighted by Gasteiger charge is -2.15. The molecule has 134 valence electrons. The largest absolute Gasteiger partial charge is 0.493 e. The molecule has 0 saturated carbocycles. The van der Waals surface area contributed by atoms with E-state index in [0.29, 0.717) is 6.42 Å². The Hall–Kier alpha value is -1.87. The predicted molar refractivity (Wildman–Crippen MR) is 101 cm³/mol. The average molecular weight is 341 g/mol. The quantitative estimate of drug-likeness (QED) is 0.604. The molecule has 2 nitrogen and oxygen atoms in total. The van der Waals surface area contributed by atoms with Crippen molar-refractivity contribution in [2.75, 3.05) is 26.2 Å². The summed E-state index contributed by atoms with van der Waals surface area (Å²) in [6, 6.07) is 15.1. The molecule has 1 heterocycles. The van der Waals surface area contributed by atoms with E-state index >= 15 is 0 Å². The zero-order chi connectivity index (χ0) is 17.3. The first-order valence-electron chi connectivity index (χ1n) is 9.49. The molecule has 0 aliphatic carbocycles. The van der Waals surface area contributed by atoms with E-state index in [-0.39, 0.29) is 5.82 Å². The predicted octanol–water partition coefficient (Wildman–Crippen LogP) is 4.87. The highest BCUT2D eigenvalue weighted by atomic mass is 19.1. The first kappa shape index (κ1) is 17.9. The van der Waals surface area contributed by atoms with Crippen molar-refractivity contribution in [3.63, 3.8) is 0 Å². The standard InChI is InChI=1S/C22H28FNO/c23-21-11-3-1-9-19(21)13-14-20-10-2-4-12-22(20)25-18-8-7-17-24-15-5-6-16-24/h1-4,9-12H,5-8,13-18H2. The van der Waals surface area contributed by atoms with Gasteiger partial charge in [-0.15, -0.1) is 0 Å². The number of hydrogen-bond donors (Lipinski definition) is 0. The number of para-hydroxylation sites is 1. The second-order valence-corrected chi connectivity index (χ2v) is 6.80. The van der Waals surface area contributed by atoms with Crippen LogP contribution in [-0.4, -0.2) is 31.1 Å². The number of ether oxygens (including phenoxy) is 1. The lowest BCUT2D eigenvalue weighted by atomic mass is 10.0. The molecule has 0 atom stereocenters. The van der Waals surface area contributed by atoms with E-state index in [0.717, 1.165) is 36.3 Å². The molecule has 3 heteroatoms. The molecular formula is C22H28FNO. The van der Waals surface area contributed by atoms with Gasteiger partial charge in [-0.3, -0.25) is 0 Å². The van der Waals surface area contributed by atoms with Gasteiger partial charge in [-0.2, -0.15) is 0 Å². The Kier molecular flexibility index (Phi) is 6.87. The lowest BCUT2D eigenvalue weighted by molar-refractivity contribution is 0.278. The van der Waals surface area contributed by atoms with Gasteiger partial charge in [0.1, 0.15) is 11.6 Å². The normalized spacial score (nSPS) is 14.8. The molecule has 1 fully saturated rings. The van der Waals surface area contributed by atoms with E-state index in [2.05, 4.69) is 11.0 Å². The molecule has 2 aromatic rings. The summed E-state index contributed by atoms with van der Waals surface area (Å²) < 4.78 is 19.8. The average Bonchev–Trinajstić information content (AvgIpc) is 3.15. The second-order valence-electron chi connectivity index (χ2n) is 6.80.